The monoisotopic (exact) mass is 375 g/mol. The van der Waals surface area contributed by atoms with Gasteiger partial charge in [-0.3, -0.25) is 4.79 Å². The van der Waals surface area contributed by atoms with Crippen molar-refractivity contribution in [3.63, 3.8) is 0 Å². The Morgan fingerprint density at radius 1 is 0.960 bits per heavy atom. The van der Waals surface area contributed by atoms with Crippen molar-refractivity contribution < 1.29 is 9.18 Å². The van der Waals surface area contributed by atoms with Crippen LogP contribution >= 0.6 is 23.2 Å². The number of carbonyl (C=O) groups excluding carboxylic acids is 1. The molecule has 0 spiro atoms. The number of nitrogens with one attached hydrogen (secondary N) is 2. The second-order valence-corrected chi connectivity index (χ2v) is 5.96. The van der Waals surface area contributed by atoms with Crippen molar-refractivity contribution in [2.24, 2.45) is 0 Å². The Bertz CT molecular complexity index is 916. The van der Waals surface area contributed by atoms with Gasteiger partial charge < -0.3 is 10.6 Å². The van der Waals surface area contributed by atoms with Crippen molar-refractivity contribution >= 4 is 46.3 Å². The molecule has 0 saturated heterocycles. The number of amides is 1. The molecule has 0 atom stereocenters. The minimum Gasteiger partial charge on any atom is -0.340 e. The molecule has 2 N–H and O–H groups in total. The molecule has 0 aliphatic carbocycles. The van der Waals surface area contributed by atoms with Crippen LogP contribution in [0.3, 0.4) is 0 Å². The summed E-state index contributed by atoms with van der Waals surface area (Å²) >= 11 is 11.8. The van der Waals surface area contributed by atoms with Crippen LogP contribution in [-0.4, -0.2) is 10.9 Å². The summed E-state index contributed by atoms with van der Waals surface area (Å²) in [7, 11) is 0. The van der Waals surface area contributed by atoms with Gasteiger partial charge in [-0.1, -0.05) is 29.3 Å². The highest BCUT2D eigenvalue weighted by Gasteiger charge is 2.07. The van der Waals surface area contributed by atoms with Gasteiger partial charge >= 0.3 is 0 Å². The highest BCUT2D eigenvalue weighted by molar-refractivity contribution is 6.42. The first-order valence-corrected chi connectivity index (χ1v) is 8.02. The molecular formula is C18H12Cl2FN3O. The normalized spacial score (nSPS) is 10.4. The van der Waals surface area contributed by atoms with Gasteiger partial charge in [0, 0.05) is 11.3 Å². The minimum absolute atomic E-state index is 0.234. The van der Waals surface area contributed by atoms with Crippen molar-refractivity contribution in [3.8, 4) is 0 Å². The Balaban J connectivity index is 1.67. The number of pyridine rings is 1. The average molecular weight is 376 g/mol. The lowest BCUT2D eigenvalue weighted by molar-refractivity contribution is 0.102. The van der Waals surface area contributed by atoms with E-state index in [2.05, 4.69) is 15.6 Å². The van der Waals surface area contributed by atoms with E-state index >= 15 is 0 Å². The number of carbonyl (C=O) groups is 1. The molecule has 0 bridgehead atoms. The van der Waals surface area contributed by atoms with E-state index in [1.165, 1.54) is 30.5 Å². The number of hydrogen-bond donors (Lipinski definition) is 2. The summed E-state index contributed by atoms with van der Waals surface area (Å²) in [6, 6.07) is 14.0. The van der Waals surface area contributed by atoms with E-state index in [0.717, 1.165) is 5.69 Å². The quantitative estimate of drug-likeness (QED) is 0.630. The number of anilines is 3. The lowest BCUT2D eigenvalue weighted by Crippen LogP contribution is -2.12. The molecule has 126 valence electrons. The van der Waals surface area contributed by atoms with Gasteiger partial charge in [-0.05, 0) is 48.5 Å². The van der Waals surface area contributed by atoms with Crippen molar-refractivity contribution in [3.05, 3.63) is 82.2 Å². The summed E-state index contributed by atoms with van der Waals surface area (Å²) in [4.78, 5) is 16.3. The van der Waals surface area contributed by atoms with Crippen LogP contribution in [0.1, 0.15) is 10.4 Å². The van der Waals surface area contributed by atoms with Gasteiger partial charge in [0.2, 0.25) is 0 Å². The Hall–Kier alpha value is -2.63. The smallest absolute Gasteiger partial charge is 0.255 e. The van der Waals surface area contributed by atoms with Crippen molar-refractivity contribution in [2.45, 2.75) is 0 Å². The van der Waals surface area contributed by atoms with E-state index in [-0.39, 0.29) is 5.56 Å². The molecule has 0 fully saturated rings. The van der Waals surface area contributed by atoms with E-state index < -0.39 is 11.7 Å². The molecule has 0 aliphatic heterocycles. The molecule has 3 aromatic rings. The number of nitrogens with zero attached hydrogens (tertiary/aromatic N) is 1. The van der Waals surface area contributed by atoms with Crippen LogP contribution in [0.2, 0.25) is 10.0 Å². The van der Waals surface area contributed by atoms with Crippen molar-refractivity contribution in [2.75, 3.05) is 10.6 Å². The van der Waals surface area contributed by atoms with Crippen LogP contribution in [0, 0.1) is 5.82 Å². The third-order valence-electron chi connectivity index (χ3n) is 3.30. The predicted molar refractivity (Wildman–Crippen MR) is 98.3 cm³/mol. The topological polar surface area (TPSA) is 54.0 Å². The molecule has 3 rings (SSSR count). The molecular weight excluding hydrogens is 364 g/mol. The summed E-state index contributed by atoms with van der Waals surface area (Å²) < 4.78 is 13.2. The van der Waals surface area contributed by atoms with Gasteiger partial charge in [0.15, 0.2) is 0 Å². The van der Waals surface area contributed by atoms with Crippen LogP contribution in [0.25, 0.3) is 0 Å². The molecule has 0 aliphatic rings. The van der Waals surface area contributed by atoms with E-state index in [1.807, 2.05) is 0 Å². The number of rotatable bonds is 4. The van der Waals surface area contributed by atoms with Crippen LogP contribution in [0.15, 0.2) is 60.8 Å². The van der Waals surface area contributed by atoms with Gasteiger partial charge in [-0.2, -0.15) is 0 Å². The largest absolute Gasteiger partial charge is 0.340 e. The fraction of sp³-hybridized carbons (Fsp3) is 0. The summed E-state index contributed by atoms with van der Waals surface area (Å²) in [6.07, 6.45) is 1.50. The third-order valence-corrected chi connectivity index (χ3v) is 4.04. The first-order chi connectivity index (χ1) is 12.0. The molecule has 2 aromatic carbocycles. The maximum absolute atomic E-state index is 13.2. The second-order valence-electron chi connectivity index (χ2n) is 5.15. The zero-order valence-electron chi connectivity index (χ0n) is 12.8. The molecule has 1 aromatic heterocycles. The summed E-state index contributed by atoms with van der Waals surface area (Å²) in [5, 5.41) is 6.64. The van der Waals surface area contributed by atoms with Crippen molar-refractivity contribution in [1.29, 1.82) is 0 Å². The molecule has 1 amide bonds. The second kappa shape index (κ2) is 7.51. The minimum atomic E-state index is -0.466. The molecule has 4 nitrogen and oxygen atoms in total. The Morgan fingerprint density at radius 2 is 1.76 bits per heavy atom. The SMILES string of the molecule is O=C(Nc1ccc(Nc2ccc(Cl)c(Cl)c2)nc1)c1cccc(F)c1. The van der Waals surface area contributed by atoms with Gasteiger partial charge in [-0.15, -0.1) is 0 Å². The van der Waals surface area contributed by atoms with Crippen molar-refractivity contribution in [1.82, 2.24) is 4.98 Å². The standard InChI is InChI=1S/C18H12Cl2FN3O/c19-15-6-4-13(9-16(15)20)23-17-7-5-14(10-22-17)24-18(25)11-2-1-3-12(21)8-11/h1-10H,(H,22,23)(H,24,25). The number of hydrogen-bond acceptors (Lipinski definition) is 3. The number of aromatic nitrogens is 1. The van der Waals surface area contributed by atoms with E-state index in [0.29, 0.717) is 21.6 Å². The van der Waals surface area contributed by atoms with Gasteiger partial charge in [0.1, 0.15) is 11.6 Å². The summed E-state index contributed by atoms with van der Waals surface area (Å²) in [6.45, 7) is 0. The van der Waals surface area contributed by atoms with E-state index in [4.69, 9.17) is 23.2 Å². The van der Waals surface area contributed by atoms with E-state index in [9.17, 15) is 9.18 Å². The molecule has 0 radical (unpaired) electrons. The van der Waals surface area contributed by atoms with E-state index in [1.54, 1.807) is 30.3 Å². The first-order valence-electron chi connectivity index (χ1n) is 7.26. The molecule has 7 heteroatoms. The number of halogens is 3. The zero-order valence-corrected chi connectivity index (χ0v) is 14.3. The number of benzene rings is 2. The van der Waals surface area contributed by atoms with Gasteiger partial charge in [0.05, 0.1) is 21.9 Å². The summed E-state index contributed by atoms with van der Waals surface area (Å²) in [5.41, 5.74) is 1.46. The Kier molecular flexibility index (Phi) is 5.16. The lowest BCUT2D eigenvalue weighted by Gasteiger charge is -2.09. The average Bonchev–Trinajstić information content (AvgIpc) is 2.60. The summed E-state index contributed by atoms with van der Waals surface area (Å²) in [5.74, 6) is -0.305. The Labute approximate surface area is 153 Å². The van der Waals surface area contributed by atoms with Gasteiger partial charge in [0.25, 0.3) is 5.91 Å². The zero-order chi connectivity index (χ0) is 17.8. The fourth-order valence-corrected chi connectivity index (χ4v) is 2.39. The van der Waals surface area contributed by atoms with Crippen LogP contribution < -0.4 is 10.6 Å². The predicted octanol–water partition coefficient (Wildman–Crippen LogP) is 5.52. The Morgan fingerprint density at radius 3 is 2.44 bits per heavy atom. The molecule has 0 saturated carbocycles. The maximum Gasteiger partial charge on any atom is 0.255 e. The molecule has 25 heavy (non-hydrogen) atoms. The third kappa shape index (κ3) is 4.47. The van der Waals surface area contributed by atoms with Crippen LogP contribution in [0.4, 0.5) is 21.6 Å². The highest BCUT2D eigenvalue weighted by atomic mass is 35.5. The fourth-order valence-electron chi connectivity index (χ4n) is 2.10. The van der Waals surface area contributed by atoms with Gasteiger partial charge in [-0.25, -0.2) is 9.37 Å². The van der Waals surface area contributed by atoms with Crippen LogP contribution in [0.5, 0.6) is 0 Å². The van der Waals surface area contributed by atoms with Crippen LogP contribution in [-0.2, 0) is 0 Å². The maximum atomic E-state index is 13.2. The first kappa shape index (κ1) is 17.2. The molecule has 0 unspecified atom stereocenters. The lowest BCUT2D eigenvalue weighted by atomic mass is 10.2. The highest BCUT2D eigenvalue weighted by Crippen LogP contribution is 2.26. The molecule has 1 heterocycles.